The smallest absolute Gasteiger partial charge is 0.241 e. The second-order valence-electron chi connectivity index (χ2n) is 4.70. The molecule has 0 radical (unpaired) electrons. The highest BCUT2D eigenvalue weighted by molar-refractivity contribution is 7.15. The van der Waals surface area contributed by atoms with Crippen LogP contribution in [0.5, 0.6) is 0 Å². The second kappa shape index (κ2) is 4.96. The molecule has 0 spiro atoms. The van der Waals surface area contributed by atoms with Gasteiger partial charge in [0.15, 0.2) is 0 Å². The van der Waals surface area contributed by atoms with Crippen molar-refractivity contribution in [2.75, 3.05) is 0 Å². The Labute approximate surface area is 114 Å². The lowest BCUT2D eigenvalue weighted by molar-refractivity contribution is -0.137. The minimum absolute atomic E-state index is 0.376. The third kappa shape index (κ3) is 2.97. The summed E-state index contributed by atoms with van der Waals surface area (Å²) in [7, 11) is 0. The van der Waals surface area contributed by atoms with Crippen molar-refractivity contribution in [1.29, 1.82) is 0 Å². The van der Waals surface area contributed by atoms with Gasteiger partial charge in [-0.25, -0.2) is 4.98 Å². The maximum atomic E-state index is 12.5. The summed E-state index contributed by atoms with van der Waals surface area (Å²) in [6.45, 7) is 6.09. The van der Waals surface area contributed by atoms with E-state index in [1.54, 1.807) is 11.3 Å². The number of halogens is 3. The summed E-state index contributed by atoms with van der Waals surface area (Å²) in [4.78, 5) is 5.61. The first-order valence-corrected chi connectivity index (χ1v) is 6.75. The van der Waals surface area contributed by atoms with Gasteiger partial charge < -0.3 is 0 Å². The summed E-state index contributed by atoms with van der Waals surface area (Å²) in [5.41, 5.74) is 1.05. The Hall–Kier alpha value is -1.36. The molecule has 2 rings (SSSR count). The van der Waals surface area contributed by atoms with Crippen LogP contribution < -0.4 is 0 Å². The maximum Gasteiger partial charge on any atom is 0.416 e. The molecular formula is C14H14F3NS. The minimum atomic E-state index is -4.29. The topological polar surface area (TPSA) is 12.9 Å². The van der Waals surface area contributed by atoms with Crippen LogP contribution in [-0.4, -0.2) is 4.98 Å². The van der Waals surface area contributed by atoms with Crippen molar-refractivity contribution in [3.63, 3.8) is 0 Å². The van der Waals surface area contributed by atoms with E-state index in [9.17, 15) is 13.2 Å². The molecule has 2 aromatic rings. The maximum absolute atomic E-state index is 12.5. The third-order valence-electron chi connectivity index (χ3n) is 2.82. The van der Waals surface area contributed by atoms with Gasteiger partial charge in [0.2, 0.25) is 0 Å². The predicted molar refractivity (Wildman–Crippen MR) is 71.4 cm³/mol. The van der Waals surface area contributed by atoms with Crippen LogP contribution in [-0.2, 0) is 6.18 Å². The number of nitrogens with zero attached hydrogens (tertiary/aromatic N) is 1. The average Bonchev–Trinajstić information content (AvgIpc) is 2.70. The molecule has 1 aromatic heterocycles. The summed E-state index contributed by atoms with van der Waals surface area (Å²) >= 11 is 1.54. The number of rotatable bonds is 2. The number of hydrogen-bond acceptors (Lipinski definition) is 2. The standard InChI is InChI=1S/C14H14F3NS/c1-8(2)12-9(3)18-13(19-12)10-4-6-11(7-5-10)14(15,16)17/h4-8H,1-3H3. The van der Waals surface area contributed by atoms with Gasteiger partial charge in [0.25, 0.3) is 0 Å². The van der Waals surface area contributed by atoms with Crippen LogP contribution in [0.2, 0.25) is 0 Å². The second-order valence-corrected chi connectivity index (χ2v) is 5.73. The first-order chi connectivity index (χ1) is 8.79. The summed E-state index contributed by atoms with van der Waals surface area (Å²) in [6, 6.07) is 5.15. The Bertz CT molecular complexity index is 567. The Morgan fingerprint density at radius 2 is 1.68 bits per heavy atom. The molecule has 0 N–H and O–H groups in total. The molecule has 0 aliphatic carbocycles. The van der Waals surface area contributed by atoms with Gasteiger partial charge in [-0.05, 0) is 25.0 Å². The summed E-state index contributed by atoms with van der Waals surface area (Å²) in [5.74, 6) is 0.376. The number of hydrogen-bond donors (Lipinski definition) is 0. The van der Waals surface area contributed by atoms with Gasteiger partial charge in [-0.15, -0.1) is 11.3 Å². The monoisotopic (exact) mass is 285 g/mol. The number of thiazole rings is 1. The highest BCUT2D eigenvalue weighted by Crippen LogP contribution is 2.34. The molecule has 19 heavy (non-hydrogen) atoms. The van der Waals surface area contributed by atoms with E-state index in [1.165, 1.54) is 17.0 Å². The quantitative estimate of drug-likeness (QED) is 0.733. The van der Waals surface area contributed by atoms with Crippen LogP contribution in [0.4, 0.5) is 13.2 Å². The van der Waals surface area contributed by atoms with Gasteiger partial charge in [-0.3, -0.25) is 0 Å². The molecule has 5 heteroatoms. The molecule has 102 valence electrons. The van der Waals surface area contributed by atoms with E-state index in [1.807, 2.05) is 6.92 Å². The molecule has 0 fully saturated rings. The van der Waals surface area contributed by atoms with Crippen LogP contribution in [0.15, 0.2) is 24.3 Å². The Morgan fingerprint density at radius 1 is 1.11 bits per heavy atom. The fourth-order valence-corrected chi connectivity index (χ4v) is 2.94. The third-order valence-corrected chi connectivity index (χ3v) is 4.32. The normalized spacial score (nSPS) is 12.2. The fourth-order valence-electron chi connectivity index (χ4n) is 1.87. The Kier molecular flexibility index (Phi) is 3.67. The molecule has 0 saturated heterocycles. The lowest BCUT2D eigenvalue weighted by atomic mass is 10.1. The zero-order chi connectivity index (χ0) is 14.2. The number of benzene rings is 1. The molecule has 0 saturated carbocycles. The molecule has 0 atom stereocenters. The summed E-state index contributed by atoms with van der Waals surface area (Å²) in [5, 5.41) is 0.773. The van der Waals surface area contributed by atoms with Gasteiger partial charge in [0, 0.05) is 10.4 Å². The number of aromatic nitrogens is 1. The van der Waals surface area contributed by atoms with Crippen LogP contribution in [0.25, 0.3) is 10.6 Å². The predicted octanol–water partition coefficient (Wildman–Crippen LogP) is 5.26. The van der Waals surface area contributed by atoms with Crippen LogP contribution in [0, 0.1) is 6.92 Å². The zero-order valence-corrected chi connectivity index (χ0v) is 11.7. The SMILES string of the molecule is Cc1nc(-c2ccc(C(F)(F)F)cc2)sc1C(C)C. The van der Waals surface area contributed by atoms with E-state index in [4.69, 9.17) is 0 Å². The Balaban J connectivity index is 2.35. The molecule has 1 heterocycles. The van der Waals surface area contributed by atoms with E-state index in [0.29, 0.717) is 5.92 Å². The summed E-state index contributed by atoms with van der Waals surface area (Å²) < 4.78 is 37.4. The van der Waals surface area contributed by atoms with Gasteiger partial charge in [-0.1, -0.05) is 26.0 Å². The van der Waals surface area contributed by atoms with Crippen molar-refractivity contribution in [2.24, 2.45) is 0 Å². The van der Waals surface area contributed by atoms with Crippen molar-refractivity contribution in [1.82, 2.24) is 4.98 Å². The van der Waals surface area contributed by atoms with Crippen molar-refractivity contribution >= 4 is 11.3 Å². The highest BCUT2D eigenvalue weighted by atomic mass is 32.1. The molecule has 1 aromatic carbocycles. The number of alkyl halides is 3. The van der Waals surface area contributed by atoms with Gasteiger partial charge in [0.05, 0.1) is 11.3 Å². The van der Waals surface area contributed by atoms with Gasteiger partial charge in [0.1, 0.15) is 5.01 Å². The lowest BCUT2D eigenvalue weighted by Crippen LogP contribution is -2.03. The van der Waals surface area contributed by atoms with Crippen molar-refractivity contribution in [3.05, 3.63) is 40.4 Å². The fraction of sp³-hybridized carbons (Fsp3) is 0.357. The van der Waals surface area contributed by atoms with Crippen LogP contribution in [0.3, 0.4) is 0 Å². The molecule has 0 amide bonds. The molecular weight excluding hydrogens is 271 g/mol. The van der Waals surface area contributed by atoms with Crippen molar-refractivity contribution in [3.8, 4) is 10.6 Å². The van der Waals surface area contributed by atoms with E-state index < -0.39 is 11.7 Å². The van der Waals surface area contributed by atoms with Crippen LogP contribution >= 0.6 is 11.3 Å². The minimum Gasteiger partial charge on any atom is -0.241 e. The van der Waals surface area contributed by atoms with E-state index in [2.05, 4.69) is 18.8 Å². The van der Waals surface area contributed by atoms with Gasteiger partial charge >= 0.3 is 6.18 Å². The highest BCUT2D eigenvalue weighted by Gasteiger charge is 2.30. The number of aryl methyl sites for hydroxylation is 1. The molecule has 0 aliphatic heterocycles. The zero-order valence-electron chi connectivity index (χ0n) is 10.9. The Morgan fingerprint density at radius 3 is 2.11 bits per heavy atom. The molecule has 1 nitrogen and oxygen atoms in total. The van der Waals surface area contributed by atoms with E-state index in [0.717, 1.165) is 28.4 Å². The molecule has 0 unspecified atom stereocenters. The molecule has 0 bridgehead atoms. The van der Waals surface area contributed by atoms with Crippen molar-refractivity contribution in [2.45, 2.75) is 32.9 Å². The van der Waals surface area contributed by atoms with E-state index >= 15 is 0 Å². The van der Waals surface area contributed by atoms with Gasteiger partial charge in [-0.2, -0.15) is 13.2 Å². The average molecular weight is 285 g/mol. The van der Waals surface area contributed by atoms with E-state index in [-0.39, 0.29) is 0 Å². The molecule has 0 aliphatic rings. The first kappa shape index (κ1) is 14.1. The summed E-state index contributed by atoms with van der Waals surface area (Å²) in [6.07, 6.45) is -4.29. The van der Waals surface area contributed by atoms with Crippen LogP contribution in [0.1, 0.15) is 35.9 Å². The first-order valence-electron chi connectivity index (χ1n) is 5.94. The lowest BCUT2D eigenvalue weighted by Gasteiger charge is -2.06. The van der Waals surface area contributed by atoms with Crippen molar-refractivity contribution < 1.29 is 13.2 Å². The largest absolute Gasteiger partial charge is 0.416 e.